The van der Waals surface area contributed by atoms with Crippen LogP contribution in [0.1, 0.15) is 0 Å². The van der Waals surface area contributed by atoms with E-state index in [0.717, 1.165) is 0 Å². The van der Waals surface area contributed by atoms with Crippen molar-refractivity contribution >= 4 is 11.0 Å². The molecule has 0 heterocycles. The molecule has 0 bridgehead atoms. The zero-order valence-corrected chi connectivity index (χ0v) is 1.63. The predicted octanol–water partition coefficient (Wildman–Crippen LogP) is -0.842. The molecule has 5 heavy (non-hydrogen) atoms. The van der Waals surface area contributed by atoms with Gasteiger partial charge in [-0.05, 0) is 11.0 Å². The first-order chi connectivity index (χ1) is 0. The molecular weight excluding hydrogens is 104 g/mol. The molecule has 0 nitrogen and oxygen atoms in total. The van der Waals surface area contributed by atoms with Gasteiger partial charge in [-0.25, -0.2) is 0 Å². The normalized spacial score (nSPS) is 0. The van der Waals surface area contributed by atoms with E-state index in [0.29, 0.717) is 0 Å². The smallest absolute Gasteiger partial charge is 0.0149 e. The van der Waals surface area contributed by atoms with E-state index in [2.05, 4.69) is 0 Å². The van der Waals surface area contributed by atoms with Crippen molar-refractivity contribution in [3.63, 3.8) is 0 Å². The number of rotatable bonds is 0. The maximum atomic E-state index is 0. The van der Waals surface area contributed by atoms with E-state index in [1.807, 2.05) is 0 Å². The molecule has 0 unspecified atom stereocenters. The predicted molar refractivity (Wildman–Crippen MR) is 21.3 cm³/mol. The Morgan fingerprint density at radius 2 is 0.400 bits per heavy atom. The van der Waals surface area contributed by atoms with Gasteiger partial charge in [0.1, 0.15) is 0 Å². The van der Waals surface area contributed by atoms with Crippen LogP contribution in [0.3, 0.4) is 0 Å². The summed E-state index contributed by atoms with van der Waals surface area (Å²) in [5.74, 6) is 0. The van der Waals surface area contributed by atoms with E-state index < -0.39 is 0 Å². The van der Waals surface area contributed by atoms with Crippen LogP contribution < -0.4 is 0 Å². The Kier molecular flexibility index (Phi) is 32700000. The van der Waals surface area contributed by atoms with Crippen molar-refractivity contribution in [3.8, 4) is 0 Å². The molecule has 0 fully saturated rings. The van der Waals surface area contributed by atoms with Gasteiger partial charge >= 0.3 is 0 Å². The van der Waals surface area contributed by atoms with Gasteiger partial charge in [0, 0.05) is 0 Å². The van der Waals surface area contributed by atoms with Crippen LogP contribution in [0.5, 0.6) is 0 Å². The van der Waals surface area contributed by atoms with E-state index in [1.165, 1.54) is 0 Å². The standard InChI is InChI=1S/4FH.H4Si/h4*1H;1H4. The monoisotopic (exact) mass is 112 g/mol. The van der Waals surface area contributed by atoms with Crippen molar-refractivity contribution in [1.82, 2.24) is 0 Å². The van der Waals surface area contributed by atoms with Gasteiger partial charge in [0.25, 0.3) is 0 Å². The van der Waals surface area contributed by atoms with Crippen molar-refractivity contribution < 1.29 is 18.8 Å². The summed E-state index contributed by atoms with van der Waals surface area (Å²) in [6, 6.07) is 0. The molecule has 0 saturated heterocycles. The minimum atomic E-state index is 0. The second kappa shape index (κ2) is 8520. The first-order valence-electron chi connectivity index (χ1n) is 0. The fraction of sp³-hybridized carbons (Fsp3) is 0. The van der Waals surface area contributed by atoms with Gasteiger partial charge in [0.05, 0.1) is 0 Å². The lowest BCUT2D eigenvalue weighted by Crippen LogP contribution is -0.381. The van der Waals surface area contributed by atoms with Crippen molar-refractivity contribution in [2.45, 2.75) is 0 Å². The summed E-state index contributed by atoms with van der Waals surface area (Å²) in [6.07, 6.45) is 0. The molecule has 0 aliphatic rings. The average Bonchev–Trinajstić information content (AvgIpc) is 0. The van der Waals surface area contributed by atoms with Crippen molar-refractivity contribution in [1.29, 1.82) is 0 Å². The summed E-state index contributed by atoms with van der Waals surface area (Å²) in [6.45, 7) is 0. The first kappa shape index (κ1) is 19200. The molecule has 5 heteroatoms. The van der Waals surface area contributed by atoms with Gasteiger partial charge < -0.3 is 0 Å². The Labute approximate surface area is 31.1 Å². The highest BCUT2D eigenvalue weighted by molar-refractivity contribution is 5.75. The van der Waals surface area contributed by atoms with Gasteiger partial charge in [-0.15, -0.1) is 0 Å². The molecule has 0 radical (unpaired) electrons. The zero-order chi connectivity index (χ0) is 0. The lowest BCUT2D eigenvalue weighted by atomic mass is 19.0. The van der Waals surface area contributed by atoms with Crippen LogP contribution in [-0.4, -0.2) is 11.0 Å². The molecule has 0 rings (SSSR count). The Morgan fingerprint density at radius 3 is 0.400 bits per heavy atom. The van der Waals surface area contributed by atoms with Gasteiger partial charge in [-0.2, -0.15) is 0 Å². The molecule has 0 saturated carbocycles. The average molecular weight is 112 g/mol. The van der Waals surface area contributed by atoms with E-state index in [-0.39, 0.29) is 29.8 Å². The maximum absolute atomic E-state index is 0. The molecule has 0 aliphatic carbocycles. The second-order valence-electron chi connectivity index (χ2n) is 0. The summed E-state index contributed by atoms with van der Waals surface area (Å²) in [4.78, 5) is 0. The minimum absolute atomic E-state index is 0. The van der Waals surface area contributed by atoms with Crippen LogP contribution >= 0.6 is 0 Å². The third-order valence-electron chi connectivity index (χ3n) is 0. The van der Waals surface area contributed by atoms with Gasteiger partial charge in [0.15, 0.2) is 0 Å². The van der Waals surface area contributed by atoms with Crippen LogP contribution in [0.25, 0.3) is 0 Å². The number of halogens is 4. The van der Waals surface area contributed by atoms with Crippen molar-refractivity contribution in [2.24, 2.45) is 0 Å². The van der Waals surface area contributed by atoms with Crippen LogP contribution in [0.2, 0.25) is 0 Å². The quantitative estimate of drug-likeness (QED) is 0.283. The third kappa shape index (κ3) is 3710. The number of hydrogen-bond donors (Lipinski definition) is 0. The molecular formula is H8F4Si. The maximum Gasteiger partial charge on any atom is -0.0149 e. The lowest BCUT2D eigenvalue weighted by molar-refractivity contribution is 1.11. The SMILES string of the molecule is F.F.F.F.[SiH4]. The van der Waals surface area contributed by atoms with E-state index >= 15 is 0 Å². The summed E-state index contributed by atoms with van der Waals surface area (Å²) < 4.78 is 0. The van der Waals surface area contributed by atoms with Crippen LogP contribution in [-0.2, 0) is 0 Å². The van der Waals surface area contributed by atoms with Crippen LogP contribution in [0.4, 0.5) is 18.8 Å². The first-order valence-corrected chi connectivity index (χ1v) is 0. The highest BCUT2D eigenvalue weighted by Gasteiger charge is -0.0148. The molecule has 0 N–H and O–H groups in total. The van der Waals surface area contributed by atoms with Crippen molar-refractivity contribution in [3.05, 3.63) is 0 Å². The summed E-state index contributed by atoms with van der Waals surface area (Å²) >= 11 is 0. The van der Waals surface area contributed by atoms with Crippen molar-refractivity contribution in [2.75, 3.05) is 0 Å². The summed E-state index contributed by atoms with van der Waals surface area (Å²) in [5.41, 5.74) is 0. The van der Waals surface area contributed by atoms with Crippen LogP contribution in [0.15, 0.2) is 0 Å². The molecule has 0 aromatic heterocycles. The molecule has 0 amide bonds. The molecule has 0 aromatic carbocycles. The fourth-order valence-electron chi connectivity index (χ4n) is 0. The molecule has 40 valence electrons. The molecule has 0 aliphatic heterocycles. The molecule has 0 aromatic rings. The second-order valence-corrected chi connectivity index (χ2v) is 0. The Balaban J connectivity index is 0. The Hall–Kier alpha value is -0.0631. The van der Waals surface area contributed by atoms with E-state index in [9.17, 15) is 0 Å². The number of hydrogen-bond acceptors (Lipinski definition) is 0. The fourth-order valence-corrected chi connectivity index (χ4v) is 0. The minimum Gasteiger partial charge on any atom is -0.269 e. The topological polar surface area (TPSA) is 0 Å². The van der Waals surface area contributed by atoms with Gasteiger partial charge in [0.2, 0.25) is 0 Å². The van der Waals surface area contributed by atoms with E-state index in [1.54, 1.807) is 0 Å². The van der Waals surface area contributed by atoms with Gasteiger partial charge in [-0.3, -0.25) is 18.8 Å². The Bertz CT molecular complexity index is 3.61. The largest absolute Gasteiger partial charge is 0.269 e. The highest BCUT2D eigenvalue weighted by atomic mass is 28.1. The Morgan fingerprint density at radius 1 is 0.400 bits per heavy atom. The molecule has 0 spiro atoms. The highest BCUT2D eigenvalue weighted by Crippen LogP contribution is 0.423. The summed E-state index contributed by atoms with van der Waals surface area (Å²) in [7, 11) is 0. The van der Waals surface area contributed by atoms with Crippen LogP contribution in [0, 0.1) is 0 Å². The molecule has 0 atom stereocenters. The van der Waals surface area contributed by atoms with Gasteiger partial charge in [-0.1, -0.05) is 0 Å². The zero-order valence-electron chi connectivity index (χ0n) is 1.63. The van der Waals surface area contributed by atoms with E-state index in [4.69, 9.17) is 0 Å². The summed E-state index contributed by atoms with van der Waals surface area (Å²) in [5, 5.41) is 0. The lowest BCUT2D eigenvalue weighted by Gasteiger charge is -0.270. The third-order valence-corrected chi connectivity index (χ3v) is 0.